The summed E-state index contributed by atoms with van der Waals surface area (Å²) < 4.78 is 12.8. The molecule has 1 aromatic heterocycles. The molecule has 0 spiro atoms. The molecular weight excluding hydrogens is 450 g/mol. The second-order valence-corrected chi connectivity index (χ2v) is 8.09. The zero-order valence-corrected chi connectivity index (χ0v) is 19.6. The Hall–Kier alpha value is -3.04. The van der Waals surface area contributed by atoms with E-state index in [-0.39, 0.29) is 11.7 Å². The SMILES string of the molecule is CCCOc1ccc(/C=N\NC(=O)CSc2nnc(-c3ccc(Cl)cc3)n2C)cc1OC. The molecule has 0 bridgehead atoms. The van der Waals surface area contributed by atoms with Gasteiger partial charge < -0.3 is 14.0 Å². The van der Waals surface area contributed by atoms with E-state index in [1.54, 1.807) is 31.5 Å². The number of carbonyl (C=O) groups excluding carboxylic acids is 1. The summed E-state index contributed by atoms with van der Waals surface area (Å²) in [7, 11) is 3.43. The third-order valence-electron chi connectivity index (χ3n) is 4.32. The lowest BCUT2D eigenvalue weighted by atomic mass is 10.2. The van der Waals surface area contributed by atoms with Gasteiger partial charge in [0.25, 0.3) is 5.91 Å². The van der Waals surface area contributed by atoms with Crippen molar-refractivity contribution in [3.05, 3.63) is 53.1 Å². The van der Waals surface area contributed by atoms with Gasteiger partial charge in [0.1, 0.15) is 0 Å². The van der Waals surface area contributed by atoms with Crippen LogP contribution in [0.15, 0.2) is 52.7 Å². The number of hydrogen-bond donors (Lipinski definition) is 1. The first kappa shape index (κ1) is 23.6. The van der Waals surface area contributed by atoms with Crippen molar-refractivity contribution >= 4 is 35.5 Å². The topological polar surface area (TPSA) is 90.6 Å². The number of halogens is 1. The number of aromatic nitrogens is 3. The van der Waals surface area contributed by atoms with E-state index in [9.17, 15) is 4.79 Å². The number of ether oxygens (including phenoxy) is 2. The van der Waals surface area contributed by atoms with E-state index in [0.29, 0.717) is 34.1 Å². The van der Waals surface area contributed by atoms with Crippen LogP contribution in [-0.4, -0.2) is 46.4 Å². The number of benzene rings is 2. The molecule has 32 heavy (non-hydrogen) atoms. The molecule has 3 rings (SSSR count). The maximum Gasteiger partial charge on any atom is 0.250 e. The predicted molar refractivity (Wildman–Crippen MR) is 127 cm³/mol. The maximum absolute atomic E-state index is 12.2. The highest BCUT2D eigenvalue weighted by atomic mass is 35.5. The molecule has 0 saturated heterocycles. The number of hydrogen-bond acceptors (Lipinski definition) is 7. The maximum atomic E-state index is 12.2. The van der Waals surface area contributed by atoms with Crippen LogP contribution in [-0.2, 0) is 11.8 Å². The van der Waals surface area contributed by atoms with Crippen molar-refractivity contribution in [3.63, 3.8) is 0 Å². The Kier molecular flexibility index (Phi) is 8.52. The van der Waals surface area contributed by atoms with Crippen molar-refractivity contribution in [2.24, 2.45) is 12.1 Å². The van der Waals surface area contributed by atoms with E-state index < -0.39 is 0 Å². The average Bonchev–Trinajstić information content (AvgIpc) is 3.17. The molecule has 0 aliphatic carbocycles. The van der Waals surface area contributed by atoms with Crippen LogP contribution in [0.3, 0.4) is 0 Å². The van der Waals surface area contributed by atoms with Crippen LogP contribution in [0.4, 0.5) is 0 Å². The summed E-state index contributed by atoms with van der Waals surface area (Å²) >= 11 is 7.21. The molecule has 2 aromatic carbocycles. The van der Waals surface area contributed by atoms with E-state index in [1.807, 2.05) is 42.8 Å². The lowest BCUT2D eigenvalue weighted by molar-refractivity contribution is -0.118. The van der Waals surface area contributed by atoms with Gasteiger partial charge in [0.05, 0.1) is 25.7 Å². The van der Waals surface area contributed by atoms with Crippen LogP contribution in [0.25, 0.3) is 11.4 Å². The highest BCUT2D eigenvalue weighted by Crippen LogP contribution is 2.27. The molecule has 0 radical (unpaired) electrons. The van der Waals surface area contributed by atoms with Gasteiger partial charge in [0.2, 0.25) is 0 Å². The first-order chi connectivity index (χ1) is 15.5. The van der Waals surface area contributed by atoms with Crippen molar-refractivity contribution in [3.8, 4) is 22.9 Å². The number of nitrogens with one attached hydrogen (secondary N) is 1. The molecule has 1 heterocycles. The van der Waals surface area contributed by atoms with Gasteiger partial charge in [-0.15, -0.1) is 10.2 Å². The number of methoxy groups -OCH3 is 1. The van der Waals surface area contributed by atoms with Crippen LogP contribution in [0.2, 0.25) is 5.02 Å². The van der Waals surface area contributed by atoms with Gasteiger partial charge in [-0.25, -0.2) is 5.43 Å². The summed E-state index contributed by atoms with van der Waals surface area (Å²) in [5.74, 6) is 1.88. The molecule has 0 aliphatic heterocycles. The van der Waals surface area contributed by atoms with Gasteiger partial charge in [0.15, 0.2) is 22.5 Å². The summed E-state index contributed by atoms with van der Waals surface area (Å²) in [6, 6.07) is 12.8. The molecule has 0 aliphatic rings. The summed E-state index contributed by atoms with van der Waals surface area (Å²) in [5.41, 5.74) is 4.19. The van der Waals surface area contributed by atoms with Crippen LogP contribution < -0.4 is 14.9 Å². The Balaban J connectivity index is 1.53. The molecule has 8 nitrogen and oxygen atoms in total. The Morgan fingerprint density at radius 3 is 2.72 bits per heavy atom. The molecule has 1 amide bonds. The molecular formula is C22H24ClN5O3S. The lowest BCUT2D eigenvalue weighted by Gasteiger charge is -2.10. The molecule has 0 atom stereocenters. The largest absolute Gasteiger partial charge is 0.493 e. The fourth-order valence-electron chi connectivity index (χ4n) is 2.73. The van der Waals surface area contributed by atoms with Crippen molar-refractivity contribution in [1.82, 2.24) is 20.2 Å². The van der Waals surface area contributed by atoms with E-state index in [2.05, 4.69) is 20.7 Å². The van der Waals surface area contributed by atoms with E-state index in [1.165, 1.54) is 11.8 Å². The number of hydrazone groups is 1. The molecule has 0 unspecified atom stereocenters. The third-order valence-corrected chi connectivity index (χ3v) is 5.59. The van der Waals surface area contributed by atoms with Gasteiger partial charge in [-0.2, -0.15) is 5.10 Å². The van der Waals surface area contributed by atoms with Gasteiger partial charge >= 0.3 is 0 Å². The number of carbonyl (C=O) groups is 1. The van der Waals surface area contributed by atoms with Gasteiger partial charge in [-0.3, -0.25) is 4.79 Å². The van der Waals surface area contributed by atoms with Gasteiger partial charge in [-0.05, 0) is 54.4 Å². The number of thioether (sulfide) groups is 1. The Labute approximate surface area is 196 Å². The summed E-state index contributed by atoms with van der Waals surface area (Å²) in [5, 5.41) is 13.7. The molecule has 168 valence electrons. The van der Waals surface area contributed by atoms with Crippen LogP contribution in [0.5, 0.6) is 11.5 Å². The second kappa shape index (κ2) is 11.5. The average molecular weight is 474 g/mol. The fraction of sp³-hybridized carbons (Fsp3) is 0.273. The number of amides is 1. The van der Waals surface area contributed by atoms with Crippen molar-refractivity contribution in [2.75, 3.05) is 19.5 Å². The van der Waals surface area contributed by atoms with E-state index in [0.717, 1.165) is 17.5 Å². The standard InChI is InChI=1S/C22H24ClN5O3S/c1-4-11-31-18-10-5-15(12-19(18)30-3)13-24-25-20(29)14-32-22-27-26-21(28(22)2)16-6-8-17(23)9-7-16/h5-10,12-13H,4,11,14H2,1-3H3,(H,25,29)/b24-13-. The van der Waals surface area contributed by atoms with E-state index >= 15 is 0 Å². The molecule has 0 saturated carbocycles. The Bertz CT molecular complexity index is 1090. The van der Waals surface area contributed by atoms with Crippen LogP contribution in [0.1, 0.15) is 18.9 Å². The van der Waals surface area contributed by atoms with Crippen LogP contribution in [0, 0.1) is 0 Å². The number of rotatable bonds is 10. The minimum atomic E-state index is -0.253. The molecule has 0 fully saturated rings. The zero-order chi connectivity index (χ0) is 22.9. The minimum Gasteiger partial charge on any atom is -0.493 e. The monoisotopic (exact) mass is 473 g/mol. The highest BCUT2D eigenvalue weighted by Gasteiger charge is 2.13. The van der Waals surface area contributed by atoms with Crippen molar-refractivity contribution < 1.29 is 14.3 Å². The van der Waals surface area contributed by atoms with Crippen LogP contribution >= 0.6 is 23.4 Å². The second-order valence-electron chi connectivity index (χ2n) is 6.71. The fourth-order valence-corrected chi connectivity index (χ4v) is 3.56. The summed E-state index contributed by atoms with van der Waals surface area (Å²) in [6.45, 7) is 2.65. The summed E-state index contributed by atoms with van der Waals surface area (Å²) in [4.78, 5) is 12.2. The van der Waals surface area contributed by atoms with Gasteiger partial charge in [-0.1, -0.05) is 30.3 Å². The summed E-state index contributed by atoms with van der Waals surface area (Å²) in [6.07, 6.45) is 2.46. The van der Waals surface area contributed by atoms with Gasteiger partial charge in [0, 0.05) is 17.6 Å². The Morgan fingerprint density at radius 1 is 1.22 bits per heavy atom. The molecule has 1 N–H and O–H groups in total. The van der Waals surface area contributed by atoms with E-state index in [4.69, 9.17) is 21.1 Å². The smallest absolute Gasteiger partial charge is 0.250 e. The zero-order valence-electron chi connectivity index (χ0n) is 18.0. The predicted octanol–water partition coefficient (Wildman–Crippen LogP) is 4.18. The normalized spacial score (nSPS) is 11.0. The quantitative estimate of drug-likeness (QED) is 0.270. The molecule has 10 heteroatoms. The number of nitrogens with zero attached hydrogens (tertiary/aromatic N) is 4. The first-order valence-corrected chi connectivity index (χ1v) is 11.3. The third kappa shape index (κ3) is 6.24. The highest BCUT2D eigenvalue weighted by molar-refractivity contribution is 7.99. The van der Waals surface area contributed by atoms with Crippen molar-refractivity contribution in [2.45, 2.75) is 18.5 Å². The van der Waals surface area contributed by atoms with Crippen molar-refractivity contribution in [1.29, 1.82) is 0 Å². The lowest BCUT2D eigenvalue weighted by Crippen LogP contribution is -2.19. The Morgan fingerprint density at radius 2 is 2.00 bits per heavy atom. The minimum absolute atomic E-state index is 0.150. The first-order valence-electron chi connectivity index (χ1n) is 9.92. The molecule has 3 aromatic rings.